The molecule has 1 saturated heterocycles. The third-order valence-corrected chi connectivity index (χ3v) is 6.99. The van der Waals surface area contributed by atoms with Crippen LogP contribution in [0.4, 0.5) is 5.95 Å². The zero-order valence-electron chi connectivity index (χ0n) is 16.3. The van der Waals surface area contributed by atoms with Crippen LogP contribution >= 0.6 is 12.4 Å². The first-order valence-electron chi connectivity index (χ1n) is 9.24. The van der Waals surface area contributed by atoms with Crippen molar-refractivity contribution in [3.05, 3.63) is 52.4 Å². The van der Waals surface area contributed by atoms with Crippen LogP contribution in [-0.4, -0.2) is 40.5 Å². The molecule has 0 unspecified atom stereocenters. The Hall–Kier alpha value is -2.45. The minimum atomic E-state index is -2.92. The number of hydrogen-bond donors (Lipinski definition) is 1. The van der Waals surface area contributed by atoms with Crippen molar-refractivity contribution < 1.29 is 8.42 Å². The Kier molecular flexibility index (Phi) is 5.95. The fraction of sp³-hybridized carbons (Fsp3) is 0.350. The maximum atomic E-state index is 12.9. The molecule has 2 aromatic heterocycles. The van der Waals surface area contributed by atoms with Crippen molar-refractivity contribution in [3.8, 4) is 11.1 Å². The maximum Gasteiger partial charge on any atom is 0.259 e. The molecule has 0 saturated carbocycles. The van der Waals surface area contributed by atoms with E-state index in [0.717, 1.165) is 16.5 Å². The molecule has 0 amide bonds. The number of anilines is 1. The van der Waals surface area contributed by atoms with E-state index in [-0.39, 0.29) is 35.5 Å². The number of aromatic nitrogens is 3. The average molecular weight is 435 g/mol. The molecule has 4 rings (SSSR count). The minimum absolute atomic E-state index is 0. The van der Waals surface area contributed by atoms with Crippen molar-refractivity contribution >= 4 is 39.2 Å². The third-order valence-electron chi connectivity index (χ3n) is 5.27. The van der Waals surface area contributed by atoms with Gasteiger partial charge in [-0.05, 0) is 37.0 Å². The molecule has 154 valence electrons. The summed E-state index contributed by atoms with van der Waals surface area (Å²) >= 11 is 0. The Morgan fingerprint density at radius 1 is 1.14 bits per heavy atom. The summed E-state index contributed by atoms with van der Waals surface area (Å²) in [5, 5.41) is 3.99. The maximum absolute atomic E-state index is 12.9. The first-order chi connectivity index (χ1) is 13.3. The molecule has 1 N–H and O–H groups in total. The number of sulfone groups is 1. The van der Waals surface area contributed by atoms with Crippen LogP contribution < -0.4 is 10.9 Å². The van der Waals surface area contributed by atoms with E-state index in [4.69, 9.17) is 0 Å². The van der Waals surface area contributed by atoms with Gasteiger partial charge in [0.15, 0.2) is 0 Å². The van der Waals surface area contributed by atoms with E-state index in [1.54, 1.807) is 13.2 Å². The summed E-state index contributed by atoms with van der Waals surface area (Å²) in [6.07, 6.45) is 2.77. The Bertz CT molecular complexity index is 1210. The van der Waals surface area contributed by atoms with E-state index in [9.17, 15) is 13.2 Å². The average Bonchev–Trinajstić information content (AvgIpc) is 2.67. The van der Waals surface area contributed by atoms with E-state index in [1.807, 2.05) is 37.3 Å². The summed E-state index contributed by atoms with van der Waals surface area (Å²) in [5.74, 6) is 0.767. The first kappa shape index (κ1) is 21.3. The van der Waals surface area contributed by atoms with E-state index in [1.165, 1.54) is 4.57 Å². The quantitative estimate of drug-likeness (QED) is 0.681. The van der Waals surface area contributed by atoms with Gasteiger partial charge in [0.25, 0.3) is 5.56 Å². The Morgan fingerprint density at radius 2 is 1.83 bits per heavy atom. The number of halogens is 1. The smallest absolute Gasteiger partial charge is 0.259 e. The van der Waals surface area contributed by atoms with Crippen LogP contribution in [-0.2, 0) is 16.9 Å². The van der Waals surface area contributed by atoms with Gasteiger partial charge in [-0.2, -0.15) is 4.98 Å². The van der Waals surface area contributed by atoms with Gasteiger partial charge in [0.05, 0.1) is 11.5 Å². The molecule has 0 atom stereocenters. The summed E-state index contributed by atoms with van der Waals surface area (Å²) in [6.45, 7) is 1.98. The SMILES string of the molecule is Cc1ccccc1-c1cc2cnc(NC3CCS(=O)(=O)CC3)nc2n(C)c1=O.Cl. The summed E-state index contributed by atoms with van der Waals surface area (Å²) < 4.78 is 24.7. The van der Waals surface area contributed by atoms with Gasteiger partial charge in [0.1, 0.15) is 15.5 Å². The van der Waals surface area contributed by atoms with Crippen LogP contribution in [0.5, 0.6) is 0 Å². The molecule has 3 heterocycles. The molecular weight excluding hydrogens is 412 g/mol. The second-order valence-corrected chi connectivity index (χ2v) is 9.58. The predicted octanol–water partition coefficient (Wildman–Crippen LogP) is 2.71. The van der Waals surface area contributed by atoms with Gasteiger partial charge in [0, 0.05) is 30.2 Å². The van der Waals surface area contributed by atoms with E-state index < -0.39 is 9.84 Å². The molecule has 7 nitrogen and oxygen atoms in total. The van der Waals surface area contributed by atoms with Gasteiger partial charge < -0.3 is 5.32 Å². The minimum Gasteiger partial charge on any atom is -0.351 e. The number of aryl methyl sites for hydroxylation is 2. The molecule has 0 aliphatic carbocycles. The first-order valence-corrected chi connectivity index (χ1v) is 11.1. The number of hydrogen-bond acceptors (Lipinski definition) is 6. The van der Waals surface area contributed by atoms with Crippen LogP contribution in [0.25, 0.3) is 22.2 Å². The van der Waals surface area contributed by atoms with Gasteiger partial charge in [-0.1, -0.05) is 24.3 Å². The zero-order valence-corrected chi connectivity index (χ0v) is 17.9. The van der Waals surface area contributed by atoms with Crippen LogP contribution in [0, 0.1) is 6.92 Å². The summed E-state index contributed by atoms with van der Waals surface area (Å²) in [4.78, 5) is 21.8. The summed E-state index contributed by atoms with van der Waals surface area (Å²) in [6, 6.07) is 9.63. The van der Waals surface area contributed by atoms with Crippen molar-refractivity contribution in [2.45, 2.75) is 25.8 Å². The predicted molar refractivity (Wildman–Crippen MR) is 117 cm³/mol. The number of fused-ring (bicyclic) bond motifs is 1. The van der Waals surface area contributed by atoms with Crippen molar-refractivity contribution in [3.63, 3.8) is 0 Å². The van der Waals surface area contributed by atoms with Crippen molar-refractivity contribution in [1.82, 2.24) is 14.5 Å². The van der Waals surface area contributed by atoms with E-state index >= 15 is 0 Å². The fourth-order valence-electron chi connectivity index (χ4n) is 3.60. The van der Waals surface area contributed by atoms with Crippen LogP contribution in [0.3, 0.4) is 0 Å². The second kappa shape index (κ2) is 8.12. The largest absolute Gasteiger partial charge is 0.351 e. The summed E-state index contributed by atoms with van der Waals surface area (Å²) in [7, 11) is -1.21. The standard InChI is InChI=1S/C20H22N4O3S.ClH/c1-13-5-3-4-6-16(13)17-11-14-12-21-20(23-18(14)24(2)19(17)25)22-15-7-9-28(26,27)10-8-15;/h3-6,11-12,15H,7-10H2,1-2H3,(H,21,22,23);1H. The third kappa shape index (κ3) is 4.28. The lowest BCUT2D eigenvalue weighted by Crippen LogP contribution is -2.32. The normalized spacial score (nSPS) is 16.3. The van der Waals surface area contributed by atoms with E-state index in [0.29, 0.717) is 30.0 Å². The molecule has 0 bridgehead atoms. The zero-order chi connectivity index (χ0) is 19.9. The highest BCUT2D eigenvalue weighted by Crippen LogP contribution is 2.23. The molecule has 1 aliphatic rings. The molecular formula is C20H23ClN4O3S. The lowest BCUT2D eigenvalue weighted by Gasteiger charge is -2.23. The second-order valence-electron chi connectivity index (χ2n) is 7.28. The van der Waals surface area contributed by atoms with Crippen LogP contribution in [0.1, 0.15) is 18.4 Å². The van der Waals surface area contributed by atoms with Gasteiger partial charge in [0.2, 0.25) is 5.95 Å². The fourth-order valence-corrected chi connectivity index (χ4v) is 5.09. The lowest BCUT2D eigenvalue weighted by atomic mass is 10.0. The highest BCUT2D eigenvalue weighted by molar-refractivity contribution is 7.91. The highest BCUT2D eigenvalue weighted by atomic mass is 35.5. The molecule has 29 heavy (non-hydrogen) atoms. The molecule has 1 aromatic carbocycles. The number of rotatable bonds is 3. The Balaban J connectivity index is 0.00000240. The topological polar surface area (TPSA) is 93.9 Å². The number of benzene rings is 1. The van der Waals surface area contributed by atoms with Gasteiger partial charge in [-0.3, -0.25) is 9.36 Å². The molecule has 0 spiro atoms. The number of pyridine rings is 1. The van der Waals surface area contributed by atoms with Crippen LogP contribution in [0.2, 0.25) is 0 Å². The Morgan fingerprint density at radius 3 is 2.52 bits per heavy atom. The number of nitrogens with zero attached hydrogens (tertiary/aromatic N) is 3. The van der Waals surface area contributed by atoms with Crippen molar-refractivity contribution in [2.24, 2.45) is 7.05 Å². The molecule has 9 heteroatoms. The lowest BCUT2D eigenvalue weighted by molar-refractivity contribution is 0.558. The molecule has 1 fully saturated rings. The van der Waals surface area contributed by atoms with Crippen molar-refractivity contribution in [1.29, 1.82) is 0 Å². The molecule has 0 radical (unpaired) electrons. The van der Waals surface area contributed by atoms with Gasteiger partial charge >= 0.3 is 0 Å². The summed E-state index contributed by atoms with van der Waals surface area (Å²) in [5.41, 5.74) is 2.98. The monoisotopic (exact) mass is 434 g/mol. The molecule has 3 aromatic rings. The molecule has 1 aliphatic heterocycles. The van der Waals surface area contributed by atoms with Gasteiger partial charge in [-0.25, -0.2) is 13.4 Å². The van der Waals surface area contributed by atoms with Crippen molar-refractivity contribution in [2.75, 3.05) is 16.8 Å². The highest BCUT2D eigenvalue weighted by Gasteiger charge is 2.24. The van der Waals surface area contributed by atoms with Gasteiger partial charge in [-0.15, -0.1) is 12.4 Å². The van der Waals surface area contributed by atoms with E-state index in [2.05, 4.69) is 15.3 Å². The number of nitrogens with one attached hydrogen (secondary N) is 1. The Labute approximate surface area is 175 Å². The van der Waals surface area contributed by atoms with Crippen LogP contribution in [0.15, 0.2) is 41.3 Å².